The average molecular weight is 327 g/mol. The molecule has 0 unspecified atom stereocenters. The summed E-state index contributed by atoms with van der Waals surface area (Å²) in [6.07, 6.45) is 2.19. The van der Waals surface area contributed by atoms with Gasteiger partial charge in [0.25, 0.3) is 0 Å². The maximum atomic E-state index is 12.1. The highest BCUT2D eigenvalue weighted by Crippen LogP contribution is 2.29. The van der Waals surface area contributed by atoms with Crippen LogP contribution in [0.1, 0.15) is 31.2 Å². The number of carboxylic acid groups (broad SMARTS) is 1. The van der Waals surface area contributed by atoms with Crippen LogP contribution in [0.15, 0.2) is 24.3 Å². The van der Waals surface area contributed by atoms with Gasteiger partial charge in [0.05, 0.1) is 5.92 Å². The maximum absolute atomic E-state index is 12.1. The molecule has 126 valence electrons. The molecule has 1 fully saturated rings. The lowest BCUT2D eigenvalue weighted by Gasteiger charge is -2.25. The maximum Gasteiger partial charge on any atom is 0.387 e. The largest absolute Gasteiger partial charge is 0.481 e. The van der Waals surface area contributed by atoms with Gasteiger partial charge < -0.3 is 15.2 Å². The Bertz CT molecular complexity index is 540. The van der Waals surface area contributed by atoms with Crippen LogP contribution >= 0.6 is 0 Å². The molecule has 1 amide bonds. The number of nitrogens with one attached hydrogen (secondary N) is 1. The molecular weight excluding hydrogens is 308 g/mol. The fourth-order valence-corrected chi connectivity index (χ4v) is 2.72. The minimum Gasteiger partial charge on any atom is -0.481 e. The molecule has 0 heterocycles. The molecule has 1 saturated carbocycles. The molecule has 2 rings (SSSR count). The SMILES string of the molecule is O=C(O)C1CCC(C(=O)NCc2ccc(OC(F)F)cc2)CC1. The zero-order valence-corrected chi connectivity index (χ0v) is 12.5. The van der Waals surface area contributed by atoms with Gasteiger partial charge in [-0.1, -0.05) is 12.1 Å². The molecule has 1 aromatic carbocycles. The van der Waals surface area contributed by atoms with E-state index in [1.54, 1.807) is 12.1 Å². The third-order valence-electron chi connectivity index (χ3n) is 4.06. The van der Waals surface area contributed by atoms with Crippen molar-refractivity contribution in [1.82, 2.24) is 5.32 Å². The summed E-state index contributed by atoms with van der Waals surface area (Å²) >= 11 is 0. The number of hydrogen-bond acceptors (Lipinski definition) is 3. The molecular formula is C16H19F2NO4. The predicted octanol–water partition coefficient (Wildman–Crippen LogP) is 2.80. The van der Waals surface area contributed by atoms with Gasteiger partial charge in [0.2, 0.25) is 5.91 Å². The van der Waals surface area contributed by atoms with Gasteiger partial charge in [0, 0.05) is 12.5 Å². The zero-order chi connectivity index (χ0) is 16.8. The van der Waals surface area contributed by atoms with Crippen molar-refractivity contribution in [3.8, 4) is 5.75 Å². The zero-order valence-electron chi connectivity index (χ0n) is 12.5. The molecule has 0 aliphatic heterocycles. The van der Waals surface area contributed by atoms with Gasteiger partial charge in [-0.2, -0.15) is 8.78 Å². The highest BCUT2D eigenvalue weighted by Gasteiger charge is 2.29. The number of halogens is 2. The number of carboxylic acids is 1. The van der Waals surface area contributed by atoms with Crippen LogP contribution in [0.3, 0.4) is 0 Å². The summed E-state index contributed by atoms with van der Waals surface area (Å²) in [6, 6.07) is 6.07. The van der Waals surface area contributed by atoms with Crippen LogP contribution < -0.4 is 10.1 Å². The third-order valence-corrected chi connectivity index (χ3v) is 4.06. The highest BCUT2D eigenvalue weighted by atomic mass is 19.3. The van der Waals surface area contributed by atoms with E-state index in [4.69, 9.17) is 5.11 Å². The van der Waals surface area contributed by atoms with Crippen molar-refractivity contribution >= 4 is 11.9 Å². The Kier molecular flexibility index (Phi) is 5.90. The molecule has 23 heavy (non-hydrogen) atoms. The lowest BCUT2D eigenvalue weighted by molar-refractivity contribution is -0.144. The predicted molar refractivity (Wildman–Crippen MR) is 78.0 cm³/mol. The van der Waals surface area contributed by atoms with Gasteiger partial charge in [-0.25, -0.2) is 0 Å². The van der Waals surface area contributed by atoms with E-state index < -0.39 is 12.6 Å². The number of carbonyl (C=O) groups excluding carboxylic acids is 1. The Hall–Kier alpha value is -2.18. The number of ether oxygens (including phenoxy) is 1. The summed E-state index contributed by atoms with van der Waals surface area (Å²) in [4.78, 5) is 23.0. The molecule has 2 N–H and O–H groups in total. The van der Waals surface area contributed by atoms with E-state index in [1.807, 2.05) is 0 Å². The number of amides is 1. The van der Waals surface area contributed by atoms with Crippen LogP contribution in [0.25, 0.3) is 0 Å². The topological polar surface area (TPSA) is 75.6 Å². The first kappa shape index (κ1) is 17.2. The first-order valence-corrected chi connectivity index (χ1v) is 7.50. The molecule has 0 bridgehead atoms. The molecule has 0 atom stereocenters. The van der Waals surface area contributed by atoms with Gasteiger partial charge in [-0.05, 0) is 43.4 Å². The number of benzene rings is 1. The summed E-state index contributed by atoms with van der Waals surface area (Å²) in [7, 11) is 0. The fraction of sp³-hybridized carbons (Fsp3) is 0.500. The van der Waals surface area contributed by atoms with Crippen molar-refractivity contribution in [1.29, 1.82) is 0 Å². The van der Waals surface area contributed by atoms with Crippen molar-refractivity contribution in [2.45, 2.75) is 38.8 Å². The lowest BCUT2D eigenvalue weighted by Crippen LogP contribution is -2.34. The van der Waals surface area contributed by atoms with Crippen molar-refractivity contribution in [3.05, 3.63) is 29.8 Å². The summed E-state index contributed by atoms with van der Waals surface area (Å²) in [6.45, 7) is -2.56. The van der Waals surface area contributed by atoms with Gasteiger partial charge in [0.1, 0.15) is 5.75 Å². The minimum atomic E-state index is -2.86. The standard InChI is InChI=1S/C16H19F2NO4/c17-16(18)23-13-7-1-10(2-8-13)9-19-14(20)11-3-5-12(6-4-11)15(21)22/h1-2,7-8,11-12,16H,3-6,9H2,(H,19,20)(H,21,22). The summed E-state index contributed by atoms with van der Waals surface area (Å²) in [5.74, 6) is -1.33. The minimum absolute atomic E-state index is 0.0714. The van der Waals surface area contributed by atoms with E-state index in [0.717, 1.165) is 5.56 Å². The lowest BCUT2D eigenvalue weighted by atomic mass is 9.81. The Morgan fingerprint density at radius 1 is 1.13 bits per heavy atom. The average Bonchev–Trinajstić information content (AvgIpc) is 2.53. The molecule has 1 aromatic rings. The number of aliphatic carboxylic acids is 1. The second-order valence-electron chi connectivity index (χ2n) is 5.63. The van der Waals surface area contributed by atoms with Crippen molar-refractivity contribution in [2.24, 2.45) is 11.8 Å². The summed E-state index contributed by atoms with van der Waals surface area (Å²) in [5.41, 5.74) is 0.777. The number of alkyl halides is 2. The Balaban J connectivity index is 1.77. The van der Waals surface area contributed by atoms with Gasteiger partial charge in [-0.15, -0.1) is 0 Å². The Morgan fingerprint density at radius 2 is 1.70 bits per heavy atom. The third kappa shape index (κ3) is 5.19. The van der Waals surface area contributed by atoms with E-state index in [0.29, 0.717) is 32.2 Å². The Morgan fingerprint density at radius 3 is 2.22 bits per heavy atom. The van der Waals surface area contributed by atoms with Gasteiger partial charge in [-0.3, -0.25) is 9.59 Å². The molecule has 0 radical (unpaired) electrons. The quantitative estimate of drug-likeness (QED) is 0.842. The van der Waals surface area contributed by atoms with Crippen LogP contribution in [-0.4, -0.2) is 23.6 Å². The number of carbonyl (C=O) groups is 2. The van der Waals surface area contributed by atoms with Gasteiger partial charge in [0.15, 0.2) is 0 Å². The molecule has 1 aliphatic carbocycles. The second kappa shape index (κ2) is 7.89. The normalized spacial score (nSPS) is 21.0. The fourth-order valence-electron chi connectivity index (χ4n) is 2.72. The number of rotatable bonds is 6. The number of hydrogen-bond donors (Lipinski definition) is 2. The van der Waals surface area contributed by atoms with E-state index >= 15 is 0 Å². The van der Waals surface area contributed by atoms with Crippen molar-refractivity contribution in [3.63, 3.8) is 0 Å². The highest BCUT2D eigenvalue weighted by molar-refractivity contribution is 5.79. The van der Waals surface area contributed by atoms with E-state index in [2.05, 4.69) is 10.1 Å². The first-order valence-electron chi connectivity index (χ1n) is 7.50. The summed E-state index contributed by atoms with van der Waals surface area (Å²) < 4.78 is 28.3. The van der Waals surface area contributed by atoms with Crippen LogP contribution in [0.5, 0.6) is 5.75 Å². The van der Waals surface area contributed by atoms with Crippen LogP contribution in [0.2, 0.25) is 0 Å². The second-order valence-corrected chi connectivity index (χ2v) is 5.63. The molecule has 1 aliphatic rings. The smallest absolute Gasteiger partial charge is 0.387 e. The Labute approximate surface area is 132 Å². The molecule has 0 saturated heterocycles. The van der Waals surface area contributed by atoms with E-state index in [9.17, 15) is 18.4 Å². The molecule has 5 nitrogen and oxygen atoms in total. The first-order chi connectivity index (χ1) is 11.0. The monoisotopic (exact) mass is 327 g/mol. The van der Waals surface area contributed by atoms with Crippen LogP contribution in [-0.2, 0) is 16.1 Å². The van der Waals surface area contributed by atoms with Crippen LogP contribution in [0, 0.1) is 11.8 Å². The summed E-state index contributed by atoms with van der Waals surface area (Å²) in [5, 5.41) is 11.7. The molecule has 7 heteroatoms. The molecule has 0 aromatic heterocycles. The van der Waals surface area contributed by atoms with Crippen molar-refractivity contribution in [2.75, 3.05) is 0 Å². The molecule has 0 spiro atoms. The van der Waals surface area contributed by atoms with Crippen molar-refractivity contribution < 1.29 is 28.2 Å². The van der Waals surface area contributed by atoms with E-state index in [-0.39, 0.29) is 23.5 Å². The van der Waals surface area contributed by atoms with Gasteiger partial charge >= 0.3 is 12.6 Å². The van der Waals surface area contributed by atoms with Crippen LogP contribution in [0.4, 0.5) is 8.78 Å². The van der Waals surface area contributed by atoms with E-state index in [1.165, 1.54) is 12.1 Å².